The van der Waals surface area contributed by atoms with Gasteiger partial charge in [0.2, 0.25) is 0 Å². The fraction of sp³-hybridized carbons (Fsp3) is 0.424. The fourth-order valence-corrected chi connectivity index (χ4v) is 6.70. The lowest BCUT2D eigenvalue weighted by Crippen LogP contribution is -2.49. The molecular weight excluding hydrogens is 572 g/mol. The smallest absolute Gasteiger partial charge is 0.415 e. The molecule has 0 spiro atoms. The molecule has 2 aromatic heterocycles. The average molecular weight is 613 g/mol. The molecule has 0 radical (unpaired) electrons. The monoisotopic (exact) mass is 612 g/mol. The van der Waals surface area contributed by atoms with E-state index in [0.29, 0.717) is 24.1 Å². The number of ether oxygens (including phenoxy) is 1. The molecule has 0 bridgehead atoms. The summed E-state index contributed by atoms with van der Waals surface area (Å²) in [6.07, 6.45) is 5.16. The van der Waals surface area contributed by atoms with E-state index in [1.54, 1.807) is 4.90 Å². The fourth-order valence-electron chi connectivity index (χ4n) is 6.70. The van der Waals surface area contributed by atoms with E-state index >= 15 is 0 Å². The molecule has 3 N–H and O–H groups in total. The topological polar surface area (TPSA) is 143 Å². The number of aliphatic carboxylic acids is 1. The van der Waals surface area contributed by atoms with Gasteiger partial charge in [-0.05, 0) is 44.4 Å². The highest BCUT2D eigenvalue weighted by Gasteiger charge is 2.36. The summed E-state index contributed by atoms with van der Waals surface area (Å²) < 4.78 is 7.85. The Morgan fingerprint density at radius 1 is 0.933 bits per heavy atom. The molecular formula is C33H40N8O4. The number of benzene rings is 2. The Morgan fingerprint density at radius 3 is 2.29 bits per heavy atom. The highest BCUT2D eigenvalue weighted by molar-refractivity contribution is 6.03. The van der Waals surface area contributed by atoms with Crippen molar-refractivity contribution in [1.29, 1.82) is 0 Å². The van der Waals surface area contributed by atoms with Gasteiger partial charge in [-0.15, -0.1) is 0 Å². The maximum atomic E-state index is 13.1. The van der Waals surface area contributed by atoms with Crippen molar-refractivity contribution in [2.24, 2.45) is 0 Å². The van der Waals surface area contributed by atoms with E-state index in [4.69, 9.17) is 25.5 Å². The number of hydrogen-bond donors (Lipinski definition) is 2. The molecule has 3 fully saturated rings. The van der Waals surface area contributed by atoms with E-state index in [1.807, 2.05) is 54.6 Å². The number of cyclic esters (lactones) is 1. The zero-order chi connectivity index (χ0) is 31.5. The molecule has 12 heteroatoms. The molecule has 12 nitrogen and oxygen atoms in total. The number of carbonyl (C=O) groups is 2. The van der Waals surface area contributed by atoms with Crippen LogP contribution in [0, 0.1) is 0 Å². The molecule has 1 atom stereocenters. The maximum absolute atomic E-state index is 13.1. The van der Waals surface area contributed by atoms with Gasteiger partial charge < -0.3 is 20.5 Å². The van der Waals surface area contributed by atoms with Gasteiger partial charge in [0.15, 0.2) is 5.65 Å². The zero-order valence-electron chi connectivity index (χ0n) is 25.7. The van der Waals surface area contributed by atoms with Crippen LogP contribution in [0.25, 0.3) is 22.3 Å². The molecule has 2 aliphatic heterocycles. The first-order valence-corrected chi connectivity index (χ1v) is 15.5. The first-order chi connectivity index (χ1) is 21.8. The number of carbonyl (C=O) groups excluding carboxylic acids is 1. The largest absolute Gasteiger partial charge is 0.481 e. The maximum Gasteiger partial charge on any atom is 0.415 e. The second kappa shape index (κ2) is 13.2. The number of carboxylic acid groups (broad SMARTS) is 1. The summed E-state index contributed by atoms with van der Waals surface area (Å²) in [6, 6.07) is 18.5. The summed E-state index contributed by atoms with van der Waals surface area (Å²) in [5, 5.41) is 13.3. The number of amides is 1. The Morgan fingerprint density at radius 2 is 1.58 bits per heavy atom. The first-order valence-electron chi connectivity index (χ1n) is 15.5. The molecule has 45 heavy (non-hydrogen) atoms. The van der Waals surface area contributed by atoms with Crippen LogP contribution in [0.2, 0.25) is 0 Å². The molecule has 236 valence electrons. The van der Waals surface area contributed by atoms with Crippen molar-refractivity contribution >= 4 is 34.6 Å². The van der Waals surface area contributed by atoms with Crippen LogP contribution in [-0.4, -0.2) is 92.5 Å². The molecule has 1 amide bonds. The van der Waals surface area contributed by atoms with Crippen LogP contribution in [0.3, 0.4) is 0 Å². The third-order valence-electron chi connectivity index (χ3n) is 9.02. The SMILES string of the molecule is CC(=O)O.CN1CCN(C2CCC(n3nc(-c4ccccc4N4CC(c5ccccc5)OC4=O)c4c(N)ncnc43)CC2)CC1. The number of rotatable bonds is 5. The number of para-hydroxylation sites is 1. The Hall–Kier alpha value is -4.55. The Bertz CT molecular complexity index is 1640. The molecule has 4 aromatic rings. The van der Waals surface area contributed by atoms with Crippen molar-refractivity contribution in [3.63, 3.8) is 0 Å². The zero-order valence-corrected chi connectivity index (χ0v) is 25.7. The van der Waals surface area contributed by atoms with E-state index in [-0.39, 0.29) is 18.2 Å². The number of fused-ring (bicyclic) bond motifs is 1. The number of anilines is 2. The number of nitrogen functional groups attached to an aromatic ring is 1. The third kappa shape index (κ3) is 6.47. The van der Waals surface area contributed by atoms with E-state index in [9.17, 15) is 4.79 Å². The lowest BCUT2D eigenvalue weighted by molar-refractivity contribution is -0.134. The number of likely N-dealkylation sites (N-methyl/N-ethyl adjacent to an activating group) is 1. The van der Waals surface area contributed by atoms with Crippen molar-refractivity contribution in [1.82, 2.24) is 29.5 Å². The number of piperazine rings is 1. The molecule has 3 aliphatic rings. The number of carboxylic acids is 1. The quantitative estimate of drug-likeness (QED) is 0.328. The molecule has 7 rings (SSSR count). The highest BCUT2D eigenvalue weighted by atomic mass is 16.6. The summed E-state index contributed by atoms with van der Waals surface area (Å²) in [4.78, 5) is 37.9. The number of nitrogens with two attached hydrogens (primary N) is 1. The third-order valence-corrected chi connectivity index (χ3v) is 9.02. The first kappa shape index (κ1) is 30.5. The van der Waals surface area contributed by atoms with Crippen molar-refractivity contribution in [3.8, 4) is 11.3 Å². The number of nitrogens with zero attached hydrogens (tertiary/aromatic N) is 7. The summed E-state index contributed by atoms with van der Waals surface area (Å²) >= 11 is 0. The van der Waals surface area contributed by atoms with Crippen molar-refractivity contribution in [2.75, 3.05) is 50.4 Å². The van der Waals surface area contributed by atoms with Gasteiger partial charge in [0.25, 0.3) is 5.97 Å². The summed E-state index contributed by atoms with van der Waals surface area (Å²) in [5.74, 6) is -0.441. The van der Waals surface area contributed by atoms with Gasteiger partial charge in [-0.3, -0.25) is 14.6 Å². The predicted octanol–water partition coefficient (Wildman–Crippen LogP) is 4.60. The number of aromatic nitrogens is 4. The van der Waals surface area contributed by atoms with Crippen LogP contribution in [0.1, 0.15) is 50.3 Å². The van der Waals surface area contributed by atoms with Gasteiger partial charge >= 0.3 is 6.09 Å². The van der Waals surface area contributed by atoms with E-state index < -0.39 is 5.97 Å². The Labute approximate surface area is 262 Å². The van der Waals surface area contributed by atoms with E-state index in [1.165, 1.54) is 6.33 Å². The van der Waals surface area contributed by atoms with Gasteiger partial charge in [-0.25, -0.2) is 19.4 Å². The Balaban J connectivity index is 0.000000845. The van der Waals surface area contributed by atoms with Gasteiger partial charge in [0.1, 0.15) is 23.9 Å². The molecule has 4 heterocycles. The summed E-state index contributed by atoms with van der Waals surface area (Å²) in [7, 11) is 2.20. The van der Waals surface area contributed by atoms with Gasteiger partial charge in [-0.2, -0.15) is 5.10 Å². The second-order valence-corrected chi connectivity index (χ2v) is 12.0. The Kier molecular flexibility index (Phi) is 8.95. The van der Waals surface area contributed by atoms with E-state index in [0.717, 1.165) is 86.6 Å². The van der Waals surface area contributed by atoms with Gasteiger partial charge in [-0.1, -0.05) is 48.5 Å². The minimum atomic E-state index is -0.833. The van der Waals surface area contributed by atoms with Crippen molar-refractivity contribution in [2.45, 2.75) is 50.8 Å². The second-order valence-electron chi connectivity index (χ2n) is 12.0. The highest BCUT2D eigenvalue weighted by Crippen LogP contribution is 2.41. The lowest BCUT2D eigenvalue weighted by Gasteiger charge is -2.41. The van der Waals surface area contributed by atoms with Crippen LogP contribution in [-0.2, 0) is 9.53 Å². The van der Waals surface area contributed by atoms with E-state index in [2.05, 4.69) is 31.5 Å². The number of hydrogen-bond acceptors (Lipinski definition) is 9. The molecule has 1 saturated carbocycles. The molecule has 1 unspecified atom stereocenters. The van der Waals surface area contributed by atoms with Crippen LogP contribution in [0.4, 0.5) is 16.3 Å². The van der Waals surface area contributed by atoms with Gasteiger partial charge in [0, 0.05) is 44.7 Å². The van der Waals surface area contributed by atoms with Crippen LogP contribution >= 0.6 is 0 Å². The standard InChI is InChI=1S/C31H36N8O2.C2H4O2/c1-36-15-17-37(18-16-36)22-11-13-23(14-12-22)39-30-27(29(32)33-20-34-30)28(35-39)24-9-5-6-10-25(24)38-19-26(41-31(38)40)21-7-3-2-4-8-21;1-2(3)4/h2-10,20,22-23,26H,11-19H2,1H3,(H2,32,33,34);1H3,(H,3,4). The minimum Gasteiger partial charge on any atom is -0.481 e. The van der Waals surface area contributed by atoms with Crippen molar-refractivity contribution in [3.05, 3.63) is 66.5 Å². The molecule has 2 aromatic carbocycles. The normalized spacial score (nSPS) is 22.6. The average Bonchev–Trinajstić information content (AvgIpc) is 3.63. The van der Waals surface area contributed by atoms with Crippen LogP contribution in [0.15, 0.2) is 60.9 Å². The molecule has 1 aliphatic carbocycles. The lowest BCUT2D eigenvalue weighted by atomic mass is 9.90. The van der Waals surface area contributed by atoms with Gasteiger partial charge in [0.05, 0.1) is 23.7 Å². The minimum absolute atomic E-state index is 0.232. The molecule has 2 saturated heterocycles. The van der Waals surface area contributed by atoms with Crippen LogP contribution in [0.5, 0.6) is 0 Å². The summed E-state index contributed by atoms with van der Waals surface area (Å²) in [6.45, 7) is 6.07. The summed E-state index contributed by atoms with van der Waals surface area (Å²) in [5.41, 5.74) is 10.5. The van der Waals surface area contributed by atoms with Crippen LogP contribution < -0.4 is 10.6 Å². The predicted molar refractivity (Wildman–Crippen MR) is 172 cm³/mol. The van der Waals surface area contributed by atoms with Crippen molar-refractivity contribution < 1.29 is 19.4 Å².